The lowest BCUT2D eigenvalue weighted by Gasteiger charge is -2.26. The number of ketones is 1. The van der Waals surface area contributed by atoms with Crippen LogP contribution < -0.4 is 0 Å². The van der Waals surface area contributed by atoms with Gasteiger partial charge in [-0.15, -0.1) is 0 Å². The minimum Gasteiger partial charge on any atom is -0.295 e. The Hall–Kier alpha value is -1.37. The van der Waals surface area contributed by atoms with E-state index in [0.29, 0.717) is 18.3 Å². The van der Waals surface area contributed by atoms with E-state index >= 15 is 0 Å². The van der Waals surface area contributed by atoms with Crippen molar-refractivity contribution in [2.24, 2.45) is 11.8 Å². The van der Waals surface area contributed by atoms with Crippen molar-refractivity contribution >= 4 is 5.78 Å². The zero-order valence-electron chi connectivity index (χ0n) is 14.2. The van der Waals surface area contributed by atoms with Crippen LogP contribution in [0.25, 0.3) is 0 Å². The van der Waals surface area contributed by atoms with Crippen LogP contribution in [0.1, 0.15) is 54.4 Å². The predicted octanol–water partition coefficient (Wildman–Crippen LogP) is 5.90. The largest absolute Gasteiger partial charge is 0.295 e. The Labute approximate surface area is 126 Å². The van der Waals surface area contributed by atoms with Gasteiger partial charge in [0.05, 0.1) is 0 Å². The quantitative estimate of drug-likeness (QED) is 0.463. The Morgan fingerprint density at radius 3 is 2.10 bits per heavy atom. The molecule has 0 aromatic carbocycles. The average molecular weight is 276 g/mol. The molecule has 1 aliphatic rings. The van der Waals surface area contributed by atoms with Crippen molar-refractivity contribution in [3.05, 3.63) is 48.6 Å². The monoisotopic (exact) mass is 276 g/mol. The van der Waals surface area contributed by atoms with E-state index in [-0.39, 0.29) is 5.78 Å². The standard InChI is InChI=1S/C15H20O.2C2H6/c1-5-6-7-11(2)8-14-9-12(3)13(4)10-15(14)16;2*1-2/h5-8,12-13H,1-2,9-10H2,3-4H3;2*1-2H3/b7-6-,14-8+;;. The molecule has 0 saturated heterocycles. The van der Waals surface area contributed by atoms with E-state index < -0.39 is 0 Å². The van der Waals surface area contributed by atoms with Gasteiger partial charge in [-0.25, -0.2) is 0 Å². The van der Waals surface area contributed by atoms with Crippen molar-refractivity contribution in [3.8, 4) is 0 Å². The molecule has 1 fully saturated rings. The molecule has 0 radical (unpaired) electrons. The van der Waals surface area contributed by atoms with E-state index in [4.69, 9.17) is 0 Å². The molecule has 20 heavy (non-hydrogen) atoms. The van der Waals surface area contributed by atoms with Gasteiger partial charge in [0.15, 0.2) is 5.78 Å². The summed E-state index contributed by atoms with van der Waals surface area (Å²) in [4.78, 5) is 11.8. The molecule has 1 nitrogen and oxygen atoms in total. The molecule has 0 heterocycles. The molecule has 1 rings (SSSR count). The zero-order valence-corrected chi connectivity index (χ0v) is 14.2. The summed E-state index contributed by atoms with van der Waals surface area (Å²) in [6, 6.07) is 0. The maximum Gasteiger partial charge on any atom is 0.159 e. The van der Waals surface area contributed by atoms with Crippen LogP contribution in [0.2, 0.25) is 0 Å². The van der Waals surface area contributed by atoms with Crippen LogP contribution in [0.3, 0.4) is 0 Å². The first kappa shape index (κ1) is 20.9. The lowest BCUT2D eigenvalue weighted by molar-refractivity contribution is -0.118. The molecule has 0 spiro atoms. The van der Waals surface area contributed by atoms with Crippen molar-refractivity contribution in [2.75, 3.05) is 0 Å². The molecule has 1 heteroatoms. The SMILES string of the molecule is C=C/C=C\C(=C)/C=C1\CC(C)C(C)CC1=O.CC.CC. The number of carbonyl (C=O) groups excluding carboxylic acids is 1. The first-order valence-electron chi connectivity index (χ1n) is 7.76. The third-order valence-electron chi connectivity index (χ3n) is 3.18. The summed E-state index contributed by atoms with van der Waals surface area (Å²) < 4.78 is 0. The third kappa shape index (κ3) is 7.93. The topological polar surface area (TPSA) is 17.1 Å². The van der Waals surface area contributed by atoms with E-state index in [1.165, 1.54) is 0 Å². The number of hydrogen-bond acceptors (Lipinski definition) is 1. The average Bonchev–Trinajstić information content (AvgIpc) is 2.47. The van der Waals surface area contributed by atoms with Crippen LogP contribution in [0, 0.1) is 11.8 Å². The van der Waals surface area contributed by atoms with Gasteiger partial charge in [-0.3, -0.25) is 4.79 Å². The summed E-state index contributed by atoms with van der Waals surface area (Å²) in [7, 11) is 0. The highest BCUT2D eigenvalue weighted by atomic mass is 16.1. The van der Waals surface area contributed by atoms with E-state index in [1.54, 1.807) is 6.08 Å². The van der Waals surface area contributed by atoms with Gasteiger partial charge < -0.3 is 0 Å². The molecule has 1 saturated carbocycles. The highest BCUT2D eigenvalue weighted by Gasteiger charge is 2.26. The molecule has 0 amide bonds. The number of carbonyl (C=O) groups is 1. The van der Waals surface area contributed by atoms with E-state index in [1.807, 2.05) is 45.9 Å². The number of allylic oxidation sites excluding steroid dienone is 6. The number of hydrogen-bond donors (Lipinski definition) is 0. The predicted molar refractivity (Wildman–Crippen MR) is 91.8 cm³/mol. The van der Waals surface area contributed by atoms with E-state index in [2.05, 4.69) is 27.0 Å². The van der Waals surface area contributed by atoms with Gasteiger partial charge in [0, 0.05) is 6.42 Å². The van der Waals surface area contributed by atoms with Crippen molar-refractivity contribution in [2.45, 2.75) is 54.4 Å². The van der Waals surface area contributed by atoms with Crippen LogP contribution in [0.4, 0.5) is 0 Å². The molecular formula is C19H32O. The molecule has 114 valence electrons. The molecule has 0 aliphatic heterocycles. The molecule has 2 unspecified atom stereocenters. The van der Waals surface area contributed by atoms with Gasteiger partial charge in [-0.2, -0.15) is 0 Å². The summed E-state index contributed by atoms with van der Waals surface area (Å²) in [5.74, 6) is 1.36. The van der Waals surface area contributed by atoms with Crippen LogP contribution in [0.15, 0.2) is 48.6 Å². The Morgan fingerprint density at radius 1 is 1.10 bits per heavy atom. The first-order chi connectivity index (χ1) is 9.54. The van der Waals surface area contributed by atoms with Crippen molar-refractivity contribution in [1.82, 2.24) is 0 Å². The van der Waals surface area contributed by atoms with Crippen molar-refractivity contribution < 1.29 is 4.79 Å². The Morgan fingerprint density at radius 2 is 1.60 bits per heavy atom. The molecular weight excluding hydrogens is 244 g/mol. The fourth-order valence-corrected chi connectivity index (χ4v) is 1.89. The van der Waals surface area contributed by atoms with Crippen LogP contribution >= 0.6 is 0 Å². The lowest BCUT2D eigenvalue weighted by Crippen LogP contribution is -2.22. The molecule has 1 aliphatic carbocycles. The van der Waals surface area contributed by atoms with E-state index in [0.717, 1.165) is 17.6 Å². The van der Waals surface area contributed by atoms with Gasteiger partial charge in [-0.05, 0) is 35.5 Å². The zero-order chi connectivity index (χ0) is 16.1. The molecule has 0 aromatic heterocycles. The van der Waals surface area contributed by atoms with Crippen LogP contribution in [-0.4, -0.2) is 5.78 Å². The van der Waals surface area contributed by atoms with Gasteiger partial charge in [0.25, 0.3) is 0 Å². The fraction of sp³-hybridized carbons (Fsp3) is 0.526. The molecule has 0 N–H and O–H groups in total. The fourth-order valence-electron chi connectivity index (χ4n) is 1.89. The molecule has 0 aromatic rings. The summed E-state index contributed by atoms with van der Waals surface area (Å²) in [5.41, 5.74) is 1.79. The van der Waals surface area contributed by atoms with Crippen LogP contribution in [-0.2, 0) is 4.79 Å². The second kappa shape index (κ2) is 12.7. The molecule has 0 bridgehead atoms. The normalized spacial score (nSPS) is 23.5. The third-order valence-corrected chi connectivity index (χ3v) is 3.18. The van der Waals surface area contributed by atoms with Gasteiger partial charge in [0.1, 0.15) is 0 Å². The van der Waals surface area contributed by atoms with Gasteiger partial charge >= 0.3 is 0 Å². The van der Waals surface area contributed by atoms with Gasteiger partial charge in [-0.1, -0.05) is 72.9 Å². The summed E-state index contributed by atoms with van der Waals surface area (Å²) in [6.45, 7) is 19.8. The Balaban J connectivity index is 0. The highest BCUT2D eigenvalue weighted by Crippen LogP contribution is 2.31. The molecule has 2 atom stereocenters. The van der Waals surface area contributed by atoms with Crippen LogP contribution in [0.5, 0.6) is 0 Å². The number of Topliss-reactive ketones (excluding diaryl/α,β-unsaturated/α-hetero) is 1. The minimum atomic E-state index is 0.277. The Kier molecular flexibility index (Phi) is 13.2. The lowest BCUT2D eigenvalue weighted by atomic mass is 9.78. The minimum absolute atomic E-state index is 0.277. The second-order valence-electron chi connectivity index (χ2n) is 4.63. The van der Waals surface area contributed by atoms with Crippen molar-refractivity contribution in [3.63, 3.8) is 0 Å². The highest BCUT2D eigenvalue weighted by molar-refractivity contribution is 5.96. The maximum atomic E-state index is 11.8. The van der Waals surface area contributed by atoms with Crippen molar-refractivity contribution in [1.29, 1.82) is 0 Å². The van der Waals surface area contributed by atoms with E-state index in [9.17, 15) is 4.79 Å². The summed E-state index contributed by atoms with van der Waals surface area (Å²) in [5, 5.41) is 0. The summed E-state index contributed by atoms with van der Waals surface area (Å²) >= 11 is 0. The maximum absolute atomic E-state index is 11.8. The summed E-state index contributed by atoms with van der Waals surface area (Å²) in [6.07, 6.45) is 8.86. The number of rotatable bonds is 3. The Bertz CT molecular complexity index is 358. The smallest absolute Gasteiger partial charge is 0.159 e. The first-order valence-corrected chi connectivity index (χ1v) is 7.76. The second-order valence-corrected chi connectivity index (χ2v) is 4.63. The van der Waals surface area contributed by atoms with Gasteiger partial charge in [0.2, 0.25) is 0 Å².